The molecular formula is C26H21N3O4S. The molecule has 0 saturated heterocycles. The topological polar surface area (TPSA) is 90.4 Å². The number of benzene rings is 2. The SMILES string of the molecule is COc1ccc(-c2cccc(S(=O)(=O)Nc3ccccc3C#Cc3cccnc3)c2)c(OC)n1. The second-order valence-corrected chi connectivity index (χ2v) is 8.76. The molecule has 1 N–H and O–H groups in total. The maximum absolute atomic E-state index is 13.2. The molecular weight excluding hydrogens is 450 g/mol. The second kappa shape index (κ2) is 10.1. The molecule has 2 heterocycles. The third-order valence-corrected chi connectivity index (χ3v) is 6.23. The van der Waals surface area contributed by atoms with Gasteiger partial charge in [-0.15, -0.1) is 0 Å². The van der Waals surface area contributed by atoms with Crippen LogP contribution in [0.15, 0.2) is 90.1 Å². The monoisotopic (exact) mass is 471 g/mol. The van der Waals surface area contributed by atoms with Crippen molar-refractivity contribution in [2.24, 2.45) is 0 Å². The fraction of sp³-hybridized carbons (Fsp3) is 0.0769. The van der Waals surface area contributed by atoms with Crippen molar-refractivity contribution in [3.63, 3.8) is 0 Å². The van der Waals surface area contributed by atoms with Crippen molar-refractivity contribution in [2.45, 2.75) is 4.90 Å². The number of methoxy groups -OCH3 is 2. The number of aromatic nitrogens is 2. The van der Waals surface area contributed by atoms with Gasteiger partial charge in [0.05, 0.1) is 24.8 Å². The predicted octanol–water partition coefficient (Wildman–Crippen LogP) is 4.36. The fourth-order valence-corrected chi connectivity index (χ4v) is 4.33. The number of rotatable bonds is 6. The van der Waals surface area contributed by atoms with Crippen LogP contribution in [0.2, 0.25) is 0 Å². The van der Waals surface area contributed by atoms with Crippen molar-refractivity contribution in [2.75, 3.05) is 18.9 Å². The zero-order valence-electron chi connectivity index (χ0n) is 18.5. The first-order chi connectivity index (χ1) is 16.5. The quantitative estimate of drug-likeness (QED) is 0.420. The minimum atomic E-state index is -3.90. The number of nitrogens with zero attached hydrogens (tertiary/aromatic N) is 2. The van der Waals surface area contributed by atoms with Crippen LogP contribution in [0.1, 0.15) is 11.1 Å². The Bertz CT molecular complexity index is 1480. The third kappa shape index (κ3) is 5.17. The highest BCUT2D eigenvalue weighted by molar-refractivity contribution is 7.92. The first-order valence-corrected chi connectivity index (χ1v) is 11.7. The van der Waals surface area contributed by atoms with E-state index >= 15 is 0 Å². The molecule has 0 radical (unpaired) electrons. The van der Waals surface area contributed by atoms with E-state index in [1.807, 2.05) is 6.07 Å². The summed E-state index contributed by atoms with van der Waals surface area (Å²) < 4.78 is 39.6. The van der Waals surface area contributed by atoms with Gasteiger partial charge in [-0.3, -0.25) is 9.71 Å². The zero-order valence-corrected chi connectivity index (χ0v) is 19.3. The van der Waals surface area contributed by atoms with Gasteiger partial charge in [-0.1, -0.05) is 36.1 Å². The van der Waals surface area contributed by atoms with Gasteiger partial charge in [-0.05, 0) is 48.0 Å². The molecule has 7 nitrogen and oxygen atoms in total. The van der Waals surface area contributed by atoms with E-state index in [0.29, 0.717) is 34.1 Å². The van der Waals surface area contributed by atoms with E-state index in [1.54, 1.807) is 73.1 Å². The summed E-state index contributed by atoms with van der Waals surface area (Å²) in [7, 11) is -0.888. The first-order valence-electron chi connectivity index (χ1n) is 10.2. The Balaban J connectivity index is 1.66. The second-order valence-electron chi connectivity index (χ2n) is 7.08. The van der Waals surface area contributed by atoms with Crippen LogP contribution in [-0.4, -0.2) is 32.6 Å². The third-order valence-electron chi connectivity index (χ3n) is 4.87. The molecule has 34 heavy (non-hydrogen) atoms. The van der Waals surface area contributed by atoms with Crippen LogP contribution in [0.3, 0.4) is 0 Å². The van der Waals surface area contributed by atoms with Crippen LogP contribution >= 0.6 is 0 Å². The van der Waals surface area contributed by atoms with E-state index in [4.69, 9.17) is 9.47 Å². The van der Waals surface area contributed by atoms with Gasteiger partial charge in [0.2, 0.25) is 11.8 Å². The molecule has 170 valence electrons. The summed E-state index contributed by atoms with van der Waals surface area (Å²) in [4.78, 5) is 8.41. The number of anilines is 1. The van der Waals surface area contributed by atoms with Gasteiger partial charge >= 0.3 is 0 Å². The molecule has 0 aliphatic carbocycles. The van der Waals surface area contributed by atoms with E-state index in [0.717, 1.165) is 5.56 Å². The van der Waals surface area contributed by atoms with E-state index < -0.39 is 10.0 Å². The molecule has 0 atom stereocenters. The molecule has 0 fully saturated rings. The lowest BCUT2D eigenvalue weighted by Gasteiger charge is -2.12. The van der Waals surface area contributed by atoms with E-state index in [-0.39, 0.29) is 4.90 Å². The van der Waals surface area contributed by atoms with Gasteiger partial charge in [-0.2, -0.15) is 4.98 Å². The number of ether oxygens (including phenoxy) is 2. The summed E-state index contributed by atoms with van der Waals surface area (Å²) in [6.45, 7) is 0. The fourth-order valence-electron chi connectivity index (χ4n) is 3.20. The molecule has 2 aromatic heterocycles. The number of sulfonamides is 1. The van der Waals surface area contributed by atoms with Crippen LogP contribution in [0.4, 0.5) is 5.69 Å². The van der Waals surface area contributed by atoms with Crippen LogP contribution in [-0.2, 0) is 10.0 Å². The Morgan fingerprint density at radius 2 is 1.74 bits per heavy atom. The highest BCUT2D eigenvalue weighted by Crippen LogP contribution is 2.32. The molecule has 0 saturated carbocycles. The molecule has 4 rings (SSSR count). The van der Waals surface area contributed by atoms with Crippen molar-refractivity contribution in [1.29, 1.82) is 0 Å². The highest BCUT2D eigenvalue weighted by atomic mass is 32.2. The predicted molar refractivity (Wildman–Crippen MR) is 130 cm³/mol. The summed E-state index contributed by atoms with van der Waals surface area (Å²) in [5.74, 6) is 6.74. The van der Waals surface area contributed by atoms with E-state index in [9.17, 15) is 8.42 Å². The standard InChI is InChI=1S/C26H21N3O4S/c1-32-25-15-14-23(26(28-25)33-2)21-9-5-10-22(17-21)34(30,31)29-24-11-4-3-8-20(24)13-12-19-7-6-16-27-18-19/h3-11,14-18,29H,1-2H3. The smallest absolute Gasteiger partial charge is 0.261 e. The molecule has 0 bridgehead atoms. The van der Waals surface area contributed by atoms with Gasteiger partial charge in [0.25, 0.3) is 10.0 Å². The normalized spacial score (nSPS) is 10.6. The molecule has 0 unspecified atom stereocenters. The molecule has 0 spiro atoms. The van der Waals surface area contributed by atoms with E-state index in [2.05, 4.69) is 26.5 Å². The van der Waals surface area contributed by atoms with Crippen LogP contribution in [0.5, 0.6) is 11.8 Å². The largest absolute Gasteiger partial charge is 0.481 e. The number of hydrogen-bond acceptors (Lipinski definition) is 6. The minimum Gasteiger partial charge on any atom is -0.481 e. The lowest BCUT2D eigenvalue weighted by Crippen LogP contribution is -2.14. The van der Waals surface area contributed by atoms with E-state index in [1.165, 1.54) is 20.3 Å². The average Bonchev–Trinajstić information content (AvgIpc) is 2.88. The molecule has 4 aromatic rings. The van der Waals surface area contributed by atoms with Gasteiger partial charge < -0.3 is 9.47 Å². The van der Waals surface area contributed by atoms with Crippen molar-refractivity contribution in [1.82, 2.24) is 9.97 Å². The lowest BCUT2D eigenvalue weighted by molar-refractivity contribution is 0.366. The number of hydrogen-bond donors (Lipinski definition) is 1. The first kappa shape index (κ1) is 22.8. The van der Waals surface area contributed by atoms with Crippen molar-refractivity contribution < 1.29 is 17.9 Å². The maximum Gasteiger partial charge on any atom is 0.261 e. The number of nitrogens with one attached hydrogen (secondary N) is 1. The summed E-state index contributed by atoms with van der Waals surface area (Å²) in [5, 5.41) is 0. The Labute approximate surface area is 198 Å². The van der Waals surface area contributed by atoms with Crippen molar-refractivity contribution >= 4 is 15.7 Å². The average molecular weight is 472 g/mol. The summed E-state index contributed by atoms with van der Waals surface area (Å²) >= 11 is 0. The lowest BCUT2D eigenvalue weighted by atomic mass is 10.1. The molecule has 0 amide bonds. The van der Waals surface area contributed by atoms with Crippen LogP contribution in [0.25, 0.3) is 11.1 Å². The Morgan fingerprint density at radius 3 is 2.50 bits per heavy atom. The number of para-hydroxylation sites is 1. The Morgan fingerprint density at radius 1 is 0.882 bits per heavy atom. The van der Waals surface area contributed by atoms with Crippen molar-refractivity contribution in [3.8, 4) is 34.7 Å². The molecule has 2 aromatic carbocycles. The van der Waals surface area contributed by atoms with Crippen LogP contribution < -0.4 is 14.2 Å². The zero-order chi connectivity index (χ0) is 24.0. The molecule has 0 aliphatic heterocycles. The molecule has 0 aliphatic rings. The summed E-state index contributed by atoms with van der Waals surface area (Å²) in [5.41, 5.74) is 2.94. The summed E-state index contributed by atoms with van der Waals surface area (Å²) in [6, 6.07) is 20.6. The van der Waals surface area contributed by atoms with Gasteiger partial charge in [0.1, 0.15) is 0 Å². The highest BCUT2D eigenvalue weighted by Gasteiger charge is 2.18. The van der Waals surface area contributed by atoms with Gasteiger partial charge in [-0.25, -0.2) is 8.42 Å². The summed E-state index contributed by atoms with van der Waals surface area (Å²) in [6.07, 6.45) is 3.31. The van der Waals surface area contributed by atoms with Gasteiger partial charge in [0.15, 0.2) is 0 Å². The minimum absolute atomic E-state index is 0.0953. The maximum atomic E-state index is 13.2. The Kier molecular flexibility index (Phi) is 6.76. The van der Waals surface area contributed by atoms with Crippen LogP contribution in [0, 0.1) is 11.8 Å². The van der Waals surface area contributed by atoms with Gasteiger partial charge in [0, 0.05) is 35.2 Å². The van der Waals surface area contributed by atoms with Crippen molar-refractivity contribution in [3.05, 3.63) is 96.3 Å². The Hall–Kier alpha value is -4.35. The molecule has 8 heteroatoms. The number of pyridine rings is 2.